The van der Waals surface area contributed by atoms with Gasteiger partial charge in [0.05, 0.1) is 5.56 Å². The van der Waals surface area contributed by atoms with Gasteiger partial charge >= 0.3 is 6.18 Å². The van der Waals surface area contributed by atoms with E-state index in [1.54, 1.807) is 13.0 Å². The van der Waals surface area contributed by atoms with Gasteiger partial charge in [0, 0.05) is 11.9 Å². The van der Waals surface area contributed by atoms with Crippen molar-refractivity contribution in [3.8, 4) is 17.2 Å². The normalized spacial score (nSPS) is 11.1. The lowest BCUT2D eigenvalue weighted by Gasteiger charge is -2.11. The maximum Gasteiger partial charge on any atom is 0.416 e. The van der Waals surface area contributed by atoms with E-state index in [4.69, 9.17) is 4.74 Å². The molecule has 3 aromatic rings. The van der Waals surface area contributed by atoms with Gasteiger partial charge in [-0.3, -0.25) is 4.79 Å². The summed E-state index contributed by atoms with van der Waals surface area (Å²) >= 11 is 0. The summed E-state index contributed by atoms with van der Waals surface area (Å²) < 4.78 is 43.7. The highest BCUT2D eigenvalue weighted by Gasteiger charge is 2.30. The molecule has 0 atom stereocenters. The number of carbonyl (C=O) groups is 1. The molecule has 0 bridgehead atoms. The highest BCUT2D eigenvalue weighted by Crippen LogP contribution is 2.33. The van der Waals surface area contributed by atoms with E-state index in [0.29, 0.717) is 17.0 Å². The number of nitrogens with one attached hydrogen (secondary N) is 1. The molecule has 8 heteroatoms. The Hall–Kier alpha value is -3.55. The Morgan fingerprint density at radius 2 is 1.79 bits per heavy atom. The molecule has 0 aliphatic rings. The third-order valence-corrected chi connectivity index (χ3v) is 3.85. The van der Waals surface area contributed by atoms with Crippen LogP contribution in [0.5, 0.6) is 17.2 Å². The zero-order valence-electron chi connectivity index (χ0n) is 14.6. The number of carbonyl (C=O) groups excluding carboxylic acids is 1. The lowest BCUT2D eigenvalue weighted by molar-refractivity contribution is -0.137. The highest BCUT2D eigenvalue weighted by atomic mass is 19.4. The molecule has 0 aliphatic carbocycles. The molecule has 144 valence electrons. The van der Waals surface area contributed by atoms with Crippen LogP contribution in [0.15, 0.2) is 60.8 Å². The van der Waals surface area contributed by atoms with E-state index in [1.165, 1.54) is 42.6 Å². The third-order valence-electron chi connectivity index (χ3n) is 3.85. The van der Waals surface area contributed by atoms with Crippen LogP contribution < -0.4 is 10.1 Å². The number of pyridine rings is 1. The second kappa shape index (κ2) is 7.59. The second-order valence-corrected chi connectivity index (χ2v) is 5.93. The number of anilines is 1. The van der Waals surface area contributed by atoms with E-state index < -0.39 is 17.6 Å². The van der Waals surface area contributed by atoms with Gasteiger partial charge in [-0.2, -0.15) is 13.2 Å². The van der Waals surface area contributed by atoms with E-state index in [2.05, 4.69) is 10.3 Å². The zero-order chi connectivity index (χ0) is 20.3. The number of aryl methyl sites for hydroxylation is 1. The maximum absolute atomic E-state index is 12.8. The van der Waals surface area contributed by atoms with Crippen LogP contribution in [-0.2, 0) is 6.18 Å². The van der Waals surface area contributed by atoms with Gasteiger partial charge in [-0.15, -0.1) is 0 Å². The Morgan fingerprint density at radius 3 is 2.46 bits per heavy atom. The van der Waals surface area contributed by atoms with Gasteiger partial charge in [-0.05, 0) is 61.0 Å². The fourth-order valence-corrected chi connectivity index (χ4v) is 2.39. The number of hydrogen-bond acceptors (Lipinski definition) is 4. The Morgan fingerprint density at radius 1 is 1.07 bits per heavy atom. The van der Waals surface area contributed by atoms with Gasteiger partial charge in [0.25, 0.3) is 5.91 Å². The van der Waals surface area contributed by atoms with E-state index in [9.17, 15) is 23.1 Å². The lowest BCUT2D eigenvalue weighted by Crippen LogP contribution is -2.14. The van der Waals surface area contributed by atoms with E-state index >= 15 is 0 Å². The van der Waals surface area contributed by atoms with Gasteiger partial charge in [-0.1, -0.05) is 6.07 Å². The number of halogens is 3. The fraction of sp³-hybridized carbons (Fsp3) is 0.100. The quantitative estimate of drug-likeness (QED) is 0.648. The largest absolute Gasteiger partial charge is 0.505 e. The zero-order valence-corrected chi connectivity index (χ0v) is 14.6. The molecule has 28 heavy (non-hydrogen) atoms. The molecule has 0 saturated heterocycles. The molecule has 1 heterocycles. The molecular weight excluding hydrogens is 373 g/mol. The molecule has 5 nitrogen and oxygen atoms in total. The van der Waals surface area contributed by atoms with Crippen molar-refractivity contribution in [3.63, 3.8) is 0 Å². The van der Waals surface area contributed by atoms with Crippen LogP contribution in [0, 0.1) is 6.92 Å². The first-order chi connectivity index (χ1) is 13.2. The summed E-state index contributed by atoms with van der Waals surface area (Å²) in [7, 11) is 0. The number of benzene rings is 2. The van der Waals surface area contributed by atoms with Crippen LogP contribution in [0.25, 0.3) is 0 Å². The van der Waals surface area contributed by atoms with Crippen LogP contribution in [0.3, 0.4) is 0 Å². The van der Waals surface area contributed by atoms with E-state index in [0.717, 1.165) is 12.1 Å². The van der Waals surface area contributed by atoms with Gasteiger partial charge in [0.1, 0.15) is 17.2 Å². The fourth-order valence-electron chi connectivity index (χ4n) is 2.39. The molecule has 3 rings (SSSR count). The average Bonchev–Trinajstić information content (AvgIpc) is 2.65. The monoisotopic (exact) mass is 388 g/mol. The van der Waals surface area contributed by atoms with Gasteiger partial charge in [-0.25, -0.2) is 4.98 Å². The van der Waals surface area contributed by atoms with Crippen molar-refractivity contribution >= 4 is 11.6 Å². The standard InChI is InChI=1S/C20H15F3N2O3/c1-12-9-10-24-17(18(12)26)19(27)25-14-5-7-15(8-6-14)28-16-4-2-3-13(11-16)20(21,22)23/h2-11,26H,1H3,(H,25,27). The molecule has 0 radical (unpaired) electrons. The van der Waals surface area contributed by atoms with Crippen LogP contribution in [-0.4, -0.2) is 16.0 Å². The van der Waals surface area contributed by atoms with Crippen molar-refractivity contribution in [3.05, 3.63) is 77.6 Å². The smallest absolute Gasteiger partial charge is 0.416 e. The number of aromatic hydroxyl groups is 1. The summed E-state index contributed by atoms with van der Waals surface area (Å²) in [6.07, 6.45) is -3.04. The summed E-state index contributed by atoms with van der Waals surface area (Å²) in [5.41, 5.74) is 0.0118. The predicted octanol–water partition coefficient (Wildman–Crippen LogP) is 5.16. The Balaban J connectivity index is 1.70. The highest BCUT2D eigenvalue weighted by molar-refractivity contribution is 6.04. The Labute approximate surface area is 158 Å². The number of amides is 1. The van der Waals surface area contributed by atoms with Crippen molar-refractivity contribution < 1.29 is 27.8 Å². The number of aromatic nitrogens is 1. The summed E-state index contributed by atoms with van der Waals surface area (Å²) in [6, 6.07) is 12.2. The molecule has 0 fully saturated rings. The van der Waals surface area contributed by atoms with Crippen LogP contribution >= 0.6 is 0 Å². The molecular formula is C20H15F3N2O3. The van der Waals surface area contributed by atoms with Crippen molar-refractivity contribution in [1.29, 1.82) is 0 Å². The Kier molecular flexibility index (Phi) is 5.21. The number of ether oxygens (including phenoxy) is 1. The third kappa shape index (κ3) is 4.40. The van der Waals surface area contributed by atoms with Crippen molar-refractivity contribution in [2.45, 2.75) is 13.1 Å². The van der Waals surface area contributed by atoms with Crippen molar-refractivity contribution in [1.82, 2.24) is 4.98 Å². The van der Waals surface area contributed by atoms with Crippen LogP contribution in [0.4, 0.5) is 18.9 Å². The molecule has 1 amide bonds. The Bertz CT molecular complexity index is 1000. The first-order valence-corrected chi connectivity index (χ1v) is 8.15. The molecule has 1 aromatic heterocycles. The molecule has 0 unspecified atom stereocenters. The molecule has 0 spiro atoms. The predicted molar refractivity (Wildman–Crippen MR) is 96.6 cm³/mol. The van der Waals surface area contributed by atoms with Crippen molar-refractivity contribution in [2.24, 2.45) is 0 Å². The van der Waals surface area contributed by atoms with E-state index in [-0.39, 0.29) is 17.2 Å². The van der Waals surface area contributed by atoms with E-state index in [1.807, 2.05) is 0 Å². The summed E-state index contributed by atoms with van der Waals surface area (Å²) in [4.78, 5) is 16.1. The van der Waals surface area contributed by atoms with Crippen molar-refractivity contribution in [2.75, 3.05) is 5.32 Å². The molecule has 0 aliphatic heterocycles. The molecule has 0 saturated carbocycles. The lowest BCUT2D eigenvalue weighted by atomic mass is 10.2. The summed E-state index contributed by atoms with van der Waals surface area (Å²) in [5.74, 6) is -0.452. The minimum atomic E-state index is -4.46. The summed E-state index contributed by atoms with van der Waals surface area (Å²) in [5, 5.41) is 12.5. The number of nitrogens with zero attached hydrogens (tertiary/aromatic N) is 1. The SMILES string of the molecule is Cc1ccnc(C(=O)Nc2ccc(Oc3cccc(C(F)(F)F)c3)cc2)c1O. The topological polar surface area (TPSA) is 71.5 Å². The number of hydrogen-bond donors (Lipinski definition) is 2. The van der Waals surface area contributed by atoms with Gasteiger partial charge in [0.2, 0.25) is 0 Å². The molecule has 2 aromatic carbocycles. The molecule has 2 N–H and O–H groups in total. The second-order valence-electron chi connectivity index (χ2n) is 5.93. The first kappa shape index (κ1) is 19.2. The minimum absolute atomic E-state index is 0.0421. The van der Waals surface area contributed by atoms with Crippen LogP contribution in [0.2, 0.25) is 0 Å². The first-order valence-electron chi connectivity index (χ1n) is 8.15. The van der Waals surface area contributed by atoms with Crippen LogP contribution in [0.1, 0.15) is 21.6 Å². The average molecular weight is 388 g/mol. The summed E-state index contributed by atoms with van der Waals surface area (Å²) in [6.45, 7) is 1.65. The number of rotatable bonds is 4. The number of alkyl halides is 3. The van der Waals surface area contributed by atoms with Gasteiger partial charge < -0.3 is 15.2 Å². The minimum Gasteiger partial charge on any atom is -0.505 e. The van der Waals surface area contributed by atoms with Gasteiger partial charge in [0.15, 0.2) is 5.69 Å². The maximum atomic E-state index is 12.8.